The van der Waals surface area contributed by atoms with Crippen molar-refractivity contribution in [2.75, 3.05) is 13.2 Å². The zero-order valence-corrected chi connectivity index (χ0v) is 15.4. The highest BCUT2D eigenvalue weighted by Gasteiger charge is 2.23. The smallest absolute Gasteiger partial charge is 0.0653 e. The molecule has 0 atom stereocenters. The van der Waals surface area contributed by atoms with Crippen molar-refractivity contribution in [3.05, 3.63) is 40.4 Å². The van der Waals surface area contributed by atoms with Gasteiger partial charge in [0.25, 0.3) is 0 Å². The Morgan fingerprint density at radius 3 is 2.37 bits per heavy atom. The molecule has 3 heteroatoms. The maximum atomic E-state index is 5.82. The maximum absolute atomic E-state index is 5.82. The van der Waals surface area contributed by atoms with Gasteiger partial charge in [0, 0.05) is 19.9 Å². The van der Waals surface area contributed by atoms with E-state index in [1.54, 1.807) is 0 Å². The summed E-state index contributed by atoms with van der Waals surface area (Å²) in [7, 11) is -0.663. The van der Waals surface area contributed by atoms with Gasteiger partial charge >= 0.3 is 0 Å². The Hall–Kier alpha value is -0.383. The van der Waals surface area contributed by atoms with Crippen LogP contribution in [0.3, 0.4) is 0 Å². The van der Waals surface area contributed by atoms with E-state index in [-0.39, 0.29) is 0 Å². The molecular formula is C16H25BrOSi. The molecule has 1 nitrogen and oxygen atoms in total. The SMILES string of the molecule is C/C(=C\COCC(C)(C)[SiH](C)C)c1ccc(Br)cc1. The van der Waals surface area contributed by atoms with Gasteiger partial charge in [-0.15, -0.1) is 0 Å². The Kier molecular flexibility index (Phi) is 6.50. The summed E-state index contributed by atoms with van der Waals surface area (Å²) in [5.41, 5.74) is 2.52. The molecule has 106 valence electrons. The van der Waals surface area contributed by atoms with Crippen LogP contribution in [-0.4, -0.2) is 22.0 Å². The minimum Gasteiger partial charge on any atom is -0.377 e. The molecule has 1 aromatic carbocycles. The molecule has 0 saturated carbocycles. The second kappa shape index (κ2) is 7.41. The molecule has 0 aromatic heterocycles. The summed E-state index contributed by atoms with van der Waals surface area (Å²) >= 11 is 3.45. The highest BCUT2D eigenvalue weighted by atomic mass is 79.9. The number of benzene rings is 1. The zero-order chi connectivity index (χ0) is 14.5. The van der Waals surface area contributed by atoms with Gasteiger partial charge in [0.2, 0.25) is 0 Å². The highest BCUT2D eigenvalue weighted by Crippen LogP contribution is 2.28. The van der Waals surface area contributed by atoms with Crippen molar-refractivity contribution in [3.8, 4) is 0 Å². The van der Waals surface area contributed by atoms with E-state index >= 15 is 0 Å². The average Bonchev–Trinajstić information content (AvgIpc) is 2.35. The lowest BCUT2D eigenvalue weighted by molar-refractivity contribution is 0.139. The van der Waals surface area contributed by atoms with E-state index in [0.717, 1.165) is 11.1 Å². The van der Waals surface area contributed by atoms with E-state index in [9.17, 15) is 0 Å². The van der Waals surface area contributed by atoms with Crippen molar-refractivity contribution in [1.82, 2.24) is 0 Å². The Balaban J connectivity index is 2.47. The molecule has 0 radical (unpaired) electrons. The second-order valence-corrected chi connectivity index (χ2v) is 10.8. The molecule has 0 heterocycles. The zero-order valence-electron chi connectivity index (χ0n) is 12.7. The van der Waals surface area contributed by atoms with Gasteiger partial charge in [0.05, 0.1) is 6.61 Å². The molecule has 0 bridgehead atoms. The molecule has 19 heavy (non-hydrogen) atoms. The van der Waals surface area contributed by atoms with Gasteiger partial charge in [-0.3, -0.25) is 0 Å². The Morgan fingerprint density at radius 1 is 1.26 bits per heavy atom. The number of allylic oxidation sites excluding steroid dienone is 1. The molecule has 0 aliphatic rings. The summed E-state index contributed by atoms with van der Waals surface area (Å²) < 4.78 is 6.94. The molecule has 0 aliphatic carbocycles. The molecule has 0 spiro atoms. The van der Waals surface area contributed by atoms with Gasteiger partial charge in [-0.25, -0.2) is 0 Å². The van der Waals surface area contributed by atoms with Gasteiger partial charge in [-0.1, -0.05) is 61.1 Å². The Morgan fingerprint density at radius 2 is 1.84 bits per heavy atom. The number of halogens is 1. The summed E-state index contributed by atoms with van der Waals surface area (Å²) in [5.74, 6) is 0. The van der Waals surface area contributed by atoms with E-state index in [0.29, 0.717) is 11.6 Å². The highest BCUT2D eigenvalue weighted by molar-refractivity contribution is 9.10. The molecule has 0 unspecified atom stereocenters. The van der Waals surface area contributed by atoms with Crippen LogP contribution in [0.2, 0.25) is 18.1 Å². The van der Waals surface area contributed by atoms with E-state index in [2.05, 4.69) is 80.1 Å². The van der Waals surface area contributed by atoms with Crippen LogP contribution >= 0.6 is 15.9 Å². The van der Waals surface area contributed by atoms with Crippen LogP contribution in [0.4, 0.5) is 0 Å². The van der Waals surface area contributed by atoms with Crippen LogP contribution in [-0.2, 0) is 4.74 Å². The minimum absolute atomic E-state index is 0.374. The topological polar surface area (TPSA) is 9.23 Å². The summed E-state index contributed by atoms with van der Waals surface area (Å²) in [4.78, 5) is 0. The predicted molar refractivity (Wildman–Crippen MR) is 91.5 cm³/mol. The maximum Gasteiger partial charge on any atom is 0.0653 e. The summed E-state index contributed by atoms with van der Waals surface area (Å²) in [6.45, 7) is 13.1. The van der Waals surface area contributed by atoms with E-state index in [4.69, 9.17) is 4.74 Å². The third kappa shape index (κ3) is 5.63. The Bertz CT molecular complexity index is 421. The molecule has 0 fully saturated rings. The third-order valence-electron chi connectivity index (χ3n) is 3.84. The molecule has 0 saturated heterocycles. The van der Waals surface area contributed by atoms with Crippen molar-refractivity contribution >= 4 is 30.3 Å². The fourth-order valence-corrected chi connectivity index (χ4v) is 2.22. The first-order valence-electron chi connectivity index (χ1n) is 6.83. The summed E-state index contributed by atoms with van der Waals surface area (Å²) in [5, 5.41) is 0.374. The van der Waals surface area contributed by atoms with Crippen molar-refractivity contribution in [1.29, 1.82) is 0 Å². The normalized spacial score (nSPS) is 13.1. The number of hydrogen-bond donors (Lipinski definition) is 0. The lowest BCUT2D eigenvalue weighted by Crippen LogP contribution is -2.26. The van der Waals surface area contributed by atoms with Gasteiger partial charge in [0.1, 0.15) is 0 Å². The number of hydrogen-bond acceptors (Lipinski definition) is 1. The fourth-order valence-electron chi connectivity index (χ4n) is 1.50. The molecule has 0 aliphatic heterocycles. The van der Waals surface area contributed by atoms with Gasteiger partial charge in [-0.05, 0) is 35.2 Å². The number of ether oxygens (including phenoxy) is 1. The summed E-state index contributed by atoms with van der Waals surface area (Å²) in [6.07, 6.45) is 2.17. The van der Waals surface area contributed by atoms with Crippen molar-refractivity contribution in [2.45, 2.75) is 38.9 Å². The molecule has 0 amide bonds. The fraction of sp³-hybridized carbons (Fsp3) is 0.500. The molecule has 1 rings (SSSR count). The second-order valence-electron chi connectivity index (χ2n) is 6.05. The number of rotatable bonds is 6. The first-order chi connectivity index (χ1) is 8.83. The quantitative estimate of drug-likeness (QED) is 0.514. The largest absolute Gasteiger partial charge is 0.377 e. The first kappa shape index (κ1) is 16.7. The first-order valence-corrected chi connectivity index (χ1v) is 10.5. The van der Waals surface area contributed by atoms with Crippen LogP contribution in [0, 0.1) is 0 Å². The van der Waals surface area contributed by atoms with E-state index < -0.39 is 8.80 Å². The van der Waals surface area contributed by atoms with Gasteiger partial charge < -0.3 is 4.74 Å². The van der Waals surface area contributed by atoms with Gasteiger partial charge in [0.15, 0.2) is 0 Å². The van der Waals surface area contributed by atoms with Crippen molar-refractivity contribution in [3.63, 3.8) is 0 Å². The van der Waals surface area contributed by atoms with Crippen LogP contribution < -0.4 is 0 Å². The van der Waals surface area contributed by atoms with E-state index in [1.807, 2.05) is 0 Å². The van der Waals surface area contributed by atoms with Crippen LogP contribution in [0.15, 0.2) is 34.8 Å². The standard InChI is InChI=1S/C16H25BrOSi/c1-13(14-6-8-15(17)9-7-14)10-11-18-12-16(2,3)19(4)5/h6-10,19H,11-12H2,1-5H3/b13-10+. The van der Waals surface area contributed by atoms with Gasteiger partial charge in [-0.2, -0.15) is 0 Å². The van der Waals surface area contributed by atoms with Crippen molar-refractivity contribution in [2.24, 2.45) is 0 Å². The molecule has 1 aromatic rings. The molecular weight excluding hydrogens is 316 g/mol. The van der Waals surface area contributed by atoms with Crippen LogP contribution in [0.5, 0.6) is 0 Å². The lowest BCUT2D eigenvalue weighted by Gasteiger charge is -2.27. The van der Waals surface area contributed by atoms with Crippen molar-refractivity contribution < 1.29 is 4.74 Å². The van der Waals surface area contributed by atoms with Crippen LogP contribution in [0.1, 0.15) is 26.3 Å². The average molecular weight is 341 g/mol. The minimum atomic E-state index is -0.663. The lowest BCUT2D eigenvalue weighted by atomic mass is 10.1. The van der Waals surface area contributed by atoms with Crippen LogP contribution in [0.25, 0.3) is 5.57 Å². The monoisotopic (exact) mass is 340 g/mol. The predicted octanol–water partition coefficient (Wildman–Crippen LogP) is 5.14. The molecule has 0 N–H and O–H groups in total. The third-order valence-corrected chi connectivity index (χ3v) is 7.67. The van der Waals surface area contributed by atoms with E-state index in [1.165, 1.54) is 11.1 Å². The Labute approximate surface area is 127 Å². The summed E-state index contributed by atoms with van der Waals surface area (Å²) in [6, 6.07) is 8.39.